The second kappa shape index (κ2) is 9.40. The molecule has 0 aromatic heterocycles. The van der Waals surface area contributed by atoms with Gasteiger partial charge in [-0.1, -0.05) is 6.92 Å². The molecule has 0 saturated carbocycles. The monoisotopic (exact) mass is 435 g/mol. The molecule has 3 atom stereocenters. The van der Waals surface area contributed by atoms with Gasteiger partial charge >= 0.3 is 8.80 Å². The summed E-state index contributed by atoms with van der Waals surface area (Å²) in [5.41, 5.74) is 0. The molecule has 2 bridgehead atoms. The summed E-state index contributed by atoms with van der Waals surface area (Å²) >= 11 is 0. The molecule has 0 amide bonds. The molecule has 0 aliphatic carbocycles. The summed E-state index contributed by atoms with van der Waals surface area (Å²) in [7, 11) is -2.31. The van der Waals surface area contributed by atoms with Crippen LogP contribution in [0, 0.1) is 7.43 Å². The van der Waals surface area contributed by atoms with Crippen LogP contribution in [0.2, 0.25) is 6.04 Å². The molecular formula is C16H33N2O3PdSi-. The van der Waals surface area contributed by atoms with Gasteiger partial charge in [-0.3, -0.25) is 4.90 Å². The number of hydrogen-bond acceptors (Lipinski definition) is 5. The van der Waals surface area contributed by atoms with Crippen molar-refractivity contribution in [2.24, 2.45) is 0 Å². The minimum Gasteiger partial charge on any atom is -0.368 e. The Bertz CT molecular complexity index is 352. The third kappa shape index (κ3) is 4.86. The Labute approximate surface area is 156 Å². The summed E-state index contributed by atoms with van der Waals surface area (Å²) < 4.78 is 18.0. The second-order valence-corrected chi connectivity index (χ2v) is 9.22. The van der Waals surface area contributed by atoms with Crippen LogP contribution in [0.4, 0.5) is 0 Å². The number of nitrogens with zero attached hydrogens (tertiary/aromatic N) is 1. The van der Waals surface area contributed by atoms with Gasteiger partial charge in [0.05, 0.1) is 18.3 Å². The van der Waals surface area contributed by atoms with Gasteiger partial charge in [0, 0.05) is 39.1 Å². The minimum absolute atomic E-state index is 0. The fourth-order valence-corrected chi connectivity index (χ4v) is 7.31. The molecule has 23 heavy (non-hydrogen) atoms. The molecule has 140 valence electrons. The van der Waals surface area contributed by atoms with Gasteiger partial charge in [0.1, 0.15) is 0 Å². The van der Waals surface area contributed by atoms with E-state index in [1.807, 2.05) is 0 Å². The molecule has 0 aromatic rings. The molecule has 0 spiro atoms. The minimum atomic E-state index is -2.31. The van der Waals surface area contributed by atoms with Crippen LogP contribution in [0.5, 0.6) is 0 Å². The van der Waals surface area contributed by atoms with E-state index in [1.165, 1.54) is 25.9 Å². The number of hydrogen-bond donors (Lipinski definition) is 1. The van der Waals surface area contributed by atoms with Crippen LogP contribution in [0.3, 0.4) is 0 Å². The van der Waals surface area contributed by atoms with Crippen molar-refractivity contribution in [3.8, 4) is 0 Å². The SMILES string of the molecule is CCN1CCCC1CNCCC[Si]12OC(C)C(O1)C(C)O2.[CH3-].[Pd]. The average molecular weight is 436 g/mol. The van der Waals surface area contributed by atoms with E-state index in [1.54, 1.807) is 0 Å². The van der Waals surface area contributed by atoms with E-state index in [9.17, 15) is 0 Å². The first kappa shape index (κ1) is 21.7. The summed E-state index contributed by atoms with van der Waals surface area (Å²) in [5, 5.41) is 3.61. The zero-order chi connectivity index (χ0) is 14.9. The van der Waals surface area contributed by atoms with Gasteiger partial charge in [-0.05, 0) is 52.7 Å². The van der Waals surface area contributed by atoms with E-state index in [0.29, 0.717) is 0 Å². The Morgan fingerprint density at radius 1 is 1.17 bits per heavy atom. The molecule has 3 aliphatic heterocycles. The summed E-state index contributed by atoms with van der Waals surface area (Å²) in [6.45, 7) is 11.1. The first-order chi connectivity index (χ1) is 10.1. The van der Waals surface area contributed by atoms with Gasteiger partial charge in [0.25, 0.3) is 0 Å². The Balaban J connectivity index is 0.00000132. The number of fused-ring (bicyclic) bond motifs is 2. The van der Waals surface area contributed by atoms with Crippen LogP contribution in [0.1, 0.15) is 40.0 Å². The molecule has 3 saturated heterocycles. The van der Waals surface area contributed by atoms with Crippen molar-refractivity contribution < 1.29 is 33.7 Å². The van der Waals surface area contributed by atoms with Crippen molar-refractivity contribution >= 4 is 8.80 Å². The maximum atomic E-state index is 6.06. The predicted octanol–water partition coefficient (Wildman–Crippen LogP) is 2.06. The molecule has 1 N–H and O–H groups in total. The molecule has 3 aliphatic rings. The number of nitrogens with one attached hydrogen (secondary N) is 1. The van der Waals surface area contributed by atoms with Crippen LogP contribution < -0.4 is 5.32 Å². The van der Waals surface area contributed by atoms with Crippen LogP contribution in [0.25, 0.3) is 0 Å². The van der Waals surface area contributed by atoms with Crippen LogP contribution in [-0.2, 0) is 33.7 Å². The Morgan fingerprint density at radius 2 is 1.87 bits per heavy atom. The number of rotatable bonds is 7. The van der Waals surface area contributed by atoms with Crippen molar-refractivity contribution in [1.29, 1.82) is 0 Å². The van der Waals surface area contributed by atoms with E-state index in [-0.39, 0.29) is 46.2 Å². The van der Waals surface area contributed by atoms with Crippen LogP contribution >= 0.6 is 0 Å². The number of likely N-dealkylation sites (N-methyl/N-ethyl adjacent to an activating group) is 1. The van der Waals surface area contributed by atoms with E-state index >= 15 is 0 Å². The molecular weight excluding hydrogens is 403 g/mol. The van der Waals surface area contributed by atoms with Crippen molar-refractivity contribution in [3.05, 3.63) is 7.43 Å². The molecule has 3 rings (SSSR count). The van der Waals surface area contributed by atoms with Gasteiger partial charge in [0.15, 0.2) is 0 Å². The van der Waals surface area contributed by atoms with E-state index in [0.717, 1.165) is 31.6 Å². The molecule has 3 unspecified atom stereocenters. The maximum absolute atomic E-state index is 6.06. The molecule has 5 nitrogen and oxygen atoms in total. The van der Waals surface area contributed by atoms with E-state index in [2.05, 4.69) is 31.0 Å². The van der Waals surface area contributed by atoms with Crippen molar-refractivity contribution in [3.63, 3.8) is 0 Å². The van der Waals surface area contributed by atoms with E-state index in [4.69, 9.17) is 13.3 Å². The normalized spacial score (nSPS) is 39.3. The average Bonchev–Trinajstić information content (AvgIpc) is 3.10. The third-order valence-electron chi connectivity index (χ3n) is 5.09. The van der Waals surface area contributed by atoms with Crippen LogP contribution in [0.15, 0.2) is 0 Å². The summed E-state index contributed by atoms with van der Waals surface area (Å²) in [5.74, 6) is 0. The van der Waals surface area contributed by atoms with Gasteiger partial charge < -0.3 is 26.0 Å². The third-order valence-corrected chi connectivity index (χ3v) is 8.15. The topological polar surface area (TPSA) is 43.0 Å². The standard InChI is InChI=1S/C15H30N2O3Si.CH3.Pd/c1-4-17-9-5-7-14(17)11-16-8-6-10-21-18-12(2)15(20-21)13(3)19-21;;/h12-16H,4-11H2,1-3H3;1H3;/q;-1;. The van der Waals surface area contributed by atoms with E-state index < -0.39 is 8.80 Å². The summed E-state index contributed by atoms with van der Waals surface area (Å²) in [6.07, 6.45) is 4.36. The molecule has 3 heterocycles. The Morgan fingerprint density at radius 3 is 2.48 bits per heavy atom. The quantitative estimate of drug-likeness (QED) is 0.377. The van der Waals surface area contributed by atoms with Gasteiger partial charge in [-0.15, -0.1) is 0 Å². The Kier molecular flexibility index (Phi) is 8.87. The summed E-state index contributed by atoms with van der Waals surface area (Å²) in [6, 6.07) is 1.68. The smallest absolute Gasteiger partial charge is 0.368 e. The molecule has 0 radical (unpaired) electrons. The van der Waals surface area contributed by atoms with Gasteiger partial charge in [0.2, 0.25) is 0 Å². The van der Waals surface area contributed by atoms with Crippen LogP contribution in [-0.4, -0.2) is 64.2 Å². The first-order valence-corrected chi connectivity index (χ1v) is 10.5. The number of likely N-dealkylation sites (tertiary alicyclic amines) is 1. The maximum Gasteiger partial charge on any atom is 0.502 e. The first-order valence-electron chi connectivity index (χ1n) is 8.62. The van der Waals surface area contributed by atoms with Crippen molar-refractivity contribution in [2.45, 2.75) is 70.4 Å². The fourth-order valence-electron chi connectivity index (χ4n) is 3.98. The fraction of sp³-hybridized carbons (Fsp3) is 0.938. The zero-order valence-corrected chi connectivity index (χ0v) is 17.5. The predicted molar refractivity (Wildman–Crippen MR) is 90.7 cm³/mol. The van der Waals surface area contributed by atoms with Gasteiger partial charge in [-0.2, -0.15) is 0 Å². The van der Waals surface area contributed by atoms with Crippen molar-refractivity contribution in [1.82, 2.24) is 10.2 Å². The van der Waals surface area contributed by atoms with Crippen molar-refractivity contribution in [2.75, 3.05) is 26.2 Å². The second-order valence-electron chi connectivity index (χ2n) is 6.64. The largest absolute Gasteiger partial charge is 0.502 e. The Hall–Kier alpha value is 0.679. The molecule has 7 heteroatoms. The zero-order valence-electron chi connectivity index (χ0n) is 15.0. The van der Waals surface area contributed by atoms with Gasteiger partial charge in [-0.25, -0.2) is 0 Å². The summed E-state index contributed by atoms with van der Waals surface area (Å²) in [4.78, 5) is 2.58. The molecule has 3 fully saturated rings. The molecule has 0 aromatic carbocycles.